The van der Waals surface area contributed by atoms with Crippen molar-refractivity contribution in [1.29, 1.82) is 0 Å². The second-order valence-electron chi connectivity index (χ2n) is 5.08. The highest BCUT2D eigenvalue weighted by molar-refractivity contribution is 7.18. The van der Waals surface area contributed by atoms with Crippen LogP contribution in [-0.2, 0) is 16.0 Å². The predicted molar refractivity (Wildman–Crippen MR) is 87.1 cm³/mol. The molecular formula is C16H20N2O3S. The van der Waals surface area contributed by atoms with Crippen molar-refractivity contribution in [2.45, 2.75) is 32.6 Å². The molecule has 5 nitrogen and oxygen atoms in total. The van der Waals surface area contributed by atoms with Crippen LogP contribution < -0.4 is 0 Å². The van der Waals surface area contributed by atoms with Crippen LogP contribution in [0, 0.1) is 0 Å². The Balaban J connectivity index is 1.76. The Kier molecular flexibility index (Phi) is 5.89. The third-order valence-corrected chi connectivity index (χ3v) is 4.53. The van der Waals surface area contributed by atoms with E-state index in [-0.39, 0.29) is 12.5 Å². The number of carboxylic acid groups (broad SMARTS) is 1. The maximum absolute atomic E-state index is 11.9. The second-order valence-corrected chi connectivity index (χ2v) is 6.20. The van der Waals surface area contributed by atoms with E-state index in [1.54, 1.807) is 18.3 Å². The molecule has 0 unspecified atom stereocenters. The third kappa shape index (κ3) is 4.53. The molecule has 0 saturated heterocycles. The van der Waals surface area contributed by atoms with Gasteiger partial charge in [-0.3, -0.25) is 9.59 Å². The number of fused-ring (bicyclic) bond motifs is 1. The van der Waals surface area contributed by atoms with Crippen LogP contribution in [0.5, 0.6) is 0 Å². The largest absolute Gasteiger partial charge is 0.480 e. The number of aryl methyl sites for hydroxylation is 1. The van der Waals surface area contributed by atoms with Crippen molar-refractivity contribution in [3.8, 4) is 0 Å². The quantitative estimate of drug-likeness (QED) is 0.759. The van der Waals surface area contributed by atoms with Crippen LogP contribution >= 0.6 is 11.3 Å². The number of aliphatic carboxylic acids is 1. The molecule has 1 aromatic carbocycles. The number of thiazole rings is 1. The zero-order valence-electron chi connectivity index (χ0n) is 12.6. The molecule has 2 rings (SSSR count). The number of rotatable bonds is 8. The van der Waals surface area contributed by atoms with Gasteiger partial charge in [0.15, 0.2) is 0 Å². The van der Waals surface area contributed by atoms with Gasteiger partial charge in [0.25, 0.3) is 0 Å². The van der Waals surface area contributed by atoms with Gasteiger partial charge in [-0.05, 0) is 38.3 Å². The Hall–Kier alpha value is -1.95. The molecule has 0 aliphatic carbocycles. The molecule has 2 aromatic rings. The summed E-state index contributed by atoms with van der Waals surface area (Å²) in [5, 5.41) is 9.84. The zero-order valence-corrected chi connectivity index (χ0v) is 13.4. The minimum absolute atomic E-state index is 0.0887. The number of nitrogens with zero attached hydrogens (tertiary/aromatic N) is 2. The summed E-state index contributed by atoms with van der Waals surface area (Å²) in [6.07, 6.45) is 2.89. The lowest BCUT2D eigenvalue weighted by Crippen LogP contribution is -2.35. The number of para-hydroxylation sites is 1. The van der Waals surface area contributed by atoms with Crippen LogP contribution in [-0.4, -0.2) is 40.0 Å². The van der Waals surface area contributed by atoms with Gasteiger partial charge in [-0.15, -0.1) is 11.3 Å². The molecule has 0 bridgehead atoms. The van der Waals surface area contributed by atoms with E-state index in [1.165, 1.54) is 9.60 Å². The minimum atomic E-state index is -0.968. The molecule has 118 valence electrons. The summed E-state index contributed by atoms with van der Waals surface area (Å²) in [4.78, 5) is 28.5. The Morgan fingerprint density at radius 1 is 1.27 bits per heavy atom. The lowest BCUT2D eigenvalue weighted by atomic mass is 10.2. The molecule has 22 heavy (non-hydrogen) atoms. The monoisotopic (exact) mass is 320 g/mol. The number of aromatic nitrogens is 1. The number of amides is 1. The molecule has 0 aliphatic heterocycles. The predicted octanol–water partition coefficient (Wildman–Crippen LogP) is 2.94. The van der Waals surface area contributed by atoms with E-state index < -0.39 is 5.97 Å². The molecule has 6 heteroatoms. The number of carboxylic acids is 1. The van der Waals surface area contributed by atoms with E-state index >= 15 is 0 Å². The number of hydrogen-bond acceptors (Lipinski definition) is 4. The summed E-state index contributed by atoms with van der Waals surface area (Å²) in [6, 6.07) is 8.05. The maximum Gasteiger partial charge on any atom is 0.323 e. The van der Waals surface area contributed by atoms with Gasteiger partial charge in [-0.25, -0.2) is 4.98 Å². The van der Waals surface area contributed by atoms with Crippen LogP contribution in [0.25, 0.3) is 10.2 Å². The molecule has 1 heterocycles. The van der Waals surface area contributed by atoms with Crippen LogP contribution in [0.2, 0.25) is 0 Å². The van der Waals surface area contributed by atoms with Crippen molar-refractivity contribution in [2.75, 3.05) is 13.1 Å². The Morgan fingerprint density at radius 3 is 2.73 bits per heavy atom. The highest BCUT2D eigenvalue weighted by atomic mass is 32.1. The van der Waals surface area contributed by atoms with Crippen molar-refractivity contribution >= 4 is 33.4 Å². The number of benzene rings is 1. The summed E-state index contributed by atoms with van der Waals surface area (Å²) in [5.74, 6) is -1.06. The number of unbranched alkanes of at least 4 members (excludes halogenated alkanes) is 1. The van der Waals surface area contributed by atoms with E-state index in [1.807, 2.05) is 18.2 Å². The topological polar surface area (TPSA) is 70.5 Å². The molecule has 1 amide bonds. The summed E-state index contributed by atoms with van der Waals surface area (Å²) < 4.78 is 1.19. The molecule has 0 fully saturated rings. The minimum Gasteiger partial charge on any atom is -0.480 e. The Morgan fingerprint density at radius 2 is 2.05 bits per heavy atom. The first-order valence-electron chi connectivity index (χ1n) is 7.44. The number of carbonyl (C=O) groups is 2. The van der Waals surface area contributed by atoms with E-state index in [2.05, 4.69) is 11.1 Å². The van der Waals surface area contributed by atoms with Crippen molar-refractivity contribution in [1.82, 2.24) is 9.88 Å². The number of likely N-dealkylation sites (N-methyl/N-ethyl adjacent to an activating group) is 1. The van der Waals surface area contributed by atoms with Crippen LogP contribution in [0.4, 0.5) is 0 Å². The van der Waals surface area contributed by atoms with Gasteiger partial charge in [0.2, 0.25) is 5.91 Å². The van der Waals surface area contributed by atoms with E-state index in [0.717, 1.165) is 29.8 Å². The fourth-order valence-electron chi connectivity index (χ4n) is 2.28. The summed E-state index contributed by atoms with van der Waals surface area (Å²) in [6.45, 7) is 2.01. The smallest absolute Gasteiger partial charge is 0.323 e. The summed E-state index contributed by atoms with van der Waals surface area (Å²) >= 11 is 1.69. The van der Waals surface area contributed by atoms with E-state index in [9.17, 15) is 9.59 Å². The highest BCUT2D eigenvalue weighted by Crippen LogP contribution is 2.22. The first-order valence-corrected chi connectivity index (χ1v) is 8.25. The maximum atomic E-state index is 11.9. The molecule has 1 N–H and O–H groups in total. The van der Waals surface area contributed by atoms with Crippen molar-refractivity contribution in [3.63, 3.8) is 0 Å². The van der Waals surface area contributed by atoms with Gasteiger partial charge in [0.05, 0.1) is 15.2 Å². The van der Waals surface area contributed by atoms with Gasteiger partial charge in [-0.1, -0.05) is 12.1 Å². The standard InChI is InChI=1S/C16H20N2O3S/c1-2-18(11-16(20)21)15(19)10-6-5-9-14-17-12-7-3-4-8-13(12)22-14/h3-4,7-8H,2,5-6,9-11H2,1H3,(H,20,21). The molecule has 0 atom stereocenters. The first kappa shape index (κ1) is 16.4. The zero-order chi connectivity index (χ0) is 15.9. The molecule has 0 aliphatic rings. The highest BCUT2D eigenvalue weighted by Gasteiger charge is 2.14. The van der Waals surface area contributed by atoms with Crippen LogP contribution in [0.15, 0.2) is 24.3 Å². The second kappa shape index (κ2) is 7.89. The summed E-state index contributed by atoms with van der Waals surface area (Å²) in [7, 11) is 0. The van der Waals surface area contributed by atoms with E-state index in [0.29, 0.717) is 13.0 Å². The first-order chi connectivity index (χ1) is 10.6. The van der Waals surface area contributed by atoms with E-state index in [4.69, 9.17) is 5.11 Å². The van der Waals surface area contributed by atoms with Gasteiger partial charge in [-0.2, -0.15) is 0 Å². The lowest BCUT2D eigenvalue weighted by molar-refractivity contribution is -0.144. The lowest BCUT2D eigenvalue weighted by Gasteiger charge is -2.18. The Bertz CT molecular complexity index is 621. The van der Waals surface area contributed by atoms with Gasteiger partial charge >= 0.3 is 5.97 Å². The molecule has 1 aromatic heterocycles. The van der Waals surface area contributed by atoms with Crippen molar-refractivity contribution in [2.24, 2.45) is 0 Å². The molecular weight excluding hydrogens is 300 g/mol. The Labute approximate surface area is 133 Å². The molecule has 0 saturated carbocycles. The average molecular weight is 320 g/mol. The number of hydrogen-bond donors (Lipinski definition) is 1. The SMILES string of the molecule is CCN(CC(=O)O)C(=O)CCCCc1nc2ccccc2s1. The van der Waals surface area contributed by atoms with Crippen molar-refractivity contribution < 1.29 is 14.7 Å². The van der Waals surface area contributed by atoms with Crippen LogP contribution in [0.3, 0.4) is 0 Å². The summed E-state index contributed by atoms with van der Waals surface area (Å²) in [5.41, 5.74) is 1.03. The van der Waals surface area contributed by atoms with Gasteiger partial charge in [0, 0.05) is 13.0 Å². The van der Waals surface area contributed by atoms with Gasteiger partial charge < -0.3 is 10.0 Å². The van der Waals surface area contributed by atoms with Crippen LogP contribution in [0.1, 0.15) is 31.2 Å². The third-order valence-electron chi connectivity index (χ3n) is 3.43. The van der Waals surface area contributed by atoms with Gasteiger partial charge in [0.1, 0.15) is 6.54 Å². The molecule has 0 spiro atoms. The fraction of sp³-hybridized carbons (Fsp3) is 0.438. The number of carbonyl (C=O) groups excluding carboxylic acids is 1. The normalized spacial score (nSPS) is 10.8. The average Bonchev–Trinajstić information content (AvgIpc) is 2.91. The fourth-order valence-corrected chi connectivity index (χ4v) is 3.29. The van der Waals surface area contributed by atoms with Crippen molar-refractivity contribution in [3.05, 3.63) is 29.3 Å². The molecule has 0 radical (unpaired) electrons.